The Morgan fingerprint density at radius 3 is 2.58 bits per heavy atom. The summed E-state index contributed by atoms with van der Waals surface area (Å²) in [5, 5.41) is 0.658. The molecule has 24 heavy (non-hydrogen) atoms. The first-order chi connectivity index (χ1) is 11.5. The van der Waals surface area contributed by atoms with Gasteiger partial charge in [-0.1, -0.05) is 42.3 Å². The first-order valence-corrected chi connectivity index (χ1v) is 8.15. The highest BCUT2D eigenvalue weighted by Crippen LogP contribution is 2.39. The molecule has 0 aliphatic rings. The predicted octanol–water partition coefficient (Wildman–Crippen LogP) is 4.26. The lowest BCUT2D eigenvalue weighted by atomic mass is 9.95. The Morgan fingerprint density at radius 1 is 1.21 bits per heavy atom. The van der Waals surface area contributed by atoms with Crippen molar-refractivity contribution >= 4 is 29.2 Å². The monoisotopic (exact) mass is 368 g/mol. The third-order valence-electron chi connectivity index (χ3n) is 3.63. The summed E-state index contributed by atoms with van der Waals surface area (Å²) in [6, 6.07) is 3.56. The van der Waals surface area contributed by atoms with Gasteiger partial charge in [-0.25, -0.2) is 4.98 Å². The quantitative estimate of drug-likeness (QED) is 0.712. The van der Waals surface area contributed by atoms with Crippen molar-refractivity contribution in [1.82, 2.24) is 9.97 Å². The summed E-state index contributed by atoms with van der Waals surface area (Å²) in [7, 11) is 2.94. The van der Waals surface area contributed by atoms with E-state index in [1.807, 2.05) is 6.92 Å². The molecule has 128 valence electrons. The van der Waals surface area contributed by atoms with Crippen LogP contribution in [0.1, 0.15) is 30.5 Å². The summed E-state index contributed by atoms with van der Waals surface area (Å²) in [5.41, 5.74) is 2.57. The lowest BCUT2D eigenvalue weighted by molar-refractivity contribution is -0.142. The summed E-state index contributed by atoms with van der Waals surface area (Å²) in [6.07, 6.45) is 3.79. The minimum absolute atomic E-state index is 0.324. The van der Waals surface area contributed by atoms with Gasteiger partial charge in [0.15, 0.2) is 0 Å². The molecule has 1 unspecified atom stereocenters. The molecule has 0 fully saturated rings. The van der Waals surface area contributed by atoms with Crippen molar-refractivity contribution in [2.24, 2.45) is 0 Å². The van der Waals surface area contributed by atoms with Crippen LogP contribution in [0.25, 0.3) is 11.3 Å². The molecule has 0 N–H and O–H groups in total. The zero-order valence-corrected chi connectivity index (χ0v) is 15.2. The summed E-state index contributed by atoms with van der Waals surface area (Å²) < 4.78 is 9.90. The minimum atomic E-state index is -0.458. The zero-order chi connectivity index (χ0) is 17.7. The molecule has 1 aromatic carbocycles. The van der Waals surface area contributed by atoms with Crippen molar-refractivity contribution in [1.29, 1.82) is 0 Å². The van der Waals surface area contributed by atoms with Crippen LogP contribution in [-0.4, -0.2) is 30.2 Å². The predicted molar refractivity (Wildman–Crippen MR) is 93.2 cm³/mol. The molecule has 0 bridgehead atoms. The minimum Gasteiger partial charge on any atom is -0.469 e. The van der Waals surface area contributed by atoms with Crippen molar-refractivity contribution in [3.63, 3.8) is 0 Å². The number of carbonyl (C=O) groups is 1. The molecule has 1 heterocycles. The Kier molecular flexibility index (Phi) is 6.54. The van der Waals surface area contributed by atoms with Crippen LogP contribution >= 0.6 is 23.2 Å². The number of rotatable bonds is 6. The topological polar surface area (TPSA) is 61.3 Å². The molecule has 2 aromatic rings. The van der Waals surface area contributed by atoms with E-state index >= 15 is 0 Å². The molecular weight excluding hydrogens is 351 g/mol. The van der Waals surface area contributed by atoms with Gasteiger partial charge in [-0.2, -0.15) is 0 Å². The van der Waals surface area contributed by atoms with Gasteiger partial charge < -0.3 is 9.47 Å². The van der Waals surface area contributed by atoms with E-state index in [0.29, 0.717) is 45.6 Å². The summed E-state index contributed by atoms with van der Waals surface area (Å²) >= 11 is 12.8. The van der Waals surface area contributed by atoms with E-state index in [1.165, 1.54) is 7.11 Å². The van der Waals surface area contributed by atoms with Crippen LogP contribution < -0.4 is 0 Å². The number of methoxy groups -OCH3 is 2. The van der Waals surface area contributed by atoms with Gasteiger partial charge in [0, 0.05) is 12.7 Å². The molecule has 0 saturated heterocycles. The maximum atomic E-state index is 11.9. The van der Waals surface area contributed by atoms with Crippen LogP contribution in [0.3, 0.4) is 0 Å². The molecule has 0 saturated carbocycles. The number of nitrogens with zero attached hydrogens (tertiary/aromatic N) is 2. The van der Waals surface area contributed by atoms with Gasteiger partial charge in [0.05, 0.1) is 53.5 Å². The number of esters is 1. The number of carbonyl (C=O) groups excluding carboxylic acids is 1. The first kappa shape index (κ1) is 18.6. The van der Waals surface area contributed by atoms with Crippen molar-refractivity contribution in [3.05, 3.63) is 45.8 Å². The fourth-order valence-electron chi connectivity index (χ4n) is 2.44. The standard InChI is InChI=1S/C17H18Cl2N2O3/c1-4-11(17(22)24-3)12-5-6-13(16(19)15(12)18)14-8-20-7-10(21-14)9-23-2/h5-8,11H,4,9H2,1-3H3. The fraction of sp³-hybridized carbons (Fsp3) is 0.353. The molecule has 1 atom stereocenters. The van der Waals surface area contributed by atoms with Gasteiger partial charge in [0.2, 0.25) is 0 Å². The van der Waals surface area contributed by atoms with Gasteiger partial charge in [-0.15, -0.1) is 0 Å². The Morgan fingerprint density at radius 2 is 1.96 bits per heavy atom. The Bertz CT molecular complexity index is 738. The van der Waals surface area contributed by atoms with E-state index in [9.17, 15) is 4.79 Å². The van der Waals surface area contributed by atoms with Gasteiger partial charge in [-0.3, -0.25) is 9.78 Å². The third kappa shape index (κ3) is 3.86. The summed E-state index contributed by atoms with van der Waals surface area (Å²) in [4.78, 5) is 20.5. The highest BCUT2D eigenvalue weighted by Gasteiger charge is 2.24. The summed E-state index contributed by atoms with van der Waals surface area (Å²) in [5.74, 6) is -0.801. The first-order valence-electron chi connectivity index (χ1n) is 7.39. The van der Waals surface area contributed by atoms with Gasteiger partial charge >= 0.3 is 5.97 Å². The lowest BCUT2D eigenvalue weighted by Crippen LogP contribution is -2.14. The Labute approximate surface area is 150 Å². The van der Waals surface area contributed by atoms with E-state index in [2.05, 4.69) is 9.97 Å². The highest BCUT2D eigenvalue weighted by molar-refractivity contribution is 6.44. The van der Waals surface area contributed by atoms with Gasteiger partial charge in [0.1, 0.15) is 0 Å². The van der Waals surface area contributed by atoms with Crippen molar-refractivity contribution in [3.8, 4) is 11.3 Å². The van der Waals surface area contributed by atoms with Crippen LogP contribution in [0, 0.1) is 0 Å². The number of hydrogen-bond acceptors (Lipinski definition) is 5. The Hall–Kier alpha value is -1.69. The van der Waals surface area contributed by atoms with Gasteiger partial charge in [0.25, 0.3) is 0 Å². The molecule has 5 nitrogen and oxygen atoms in total. The summed E-state index contributed by atoms with van der Waals surface area (Å²) in [6.45, 7) is 2.24. The molecule has 0 aliphatic heterocycles. The third-order valence-corrected chi connectivity index (χ3v) is 4.53. The smallest absolute Gasteiger partial charge is 0.313 e. The number of halogens is 2. The fourth-order valence-corrected chi connectivity index (χ4v) is 3.01. The van der Waals surface area contributed by atoms with Crippen LogP contribution in [0.4, 0.5) is 0 Å². The van der Waals surface area contributed by atoms with E-state index in [0.717, 1.165) is 0 Å². The molecular formula is C17H18Cl2N2O3. The molecule has 1 aromatic heterocycles. The van der Waals surface area contributed by atoms with Crippen LogP contribution in [0.2, 0.25) is 10.0 Å². The van der Waals surface area contributed by atoms with Gasteiger partial charge in [-0.05, 0) is 12.0 Å². The van der Waals surface area contributed by atoms with Crippen LogP contribution in [-0.2, 0) is 20.9 Å². The van der Waals surface area contributed by atoms with E-state index < -0.39 is 5.92 Å². The largest absolute Gasteiger partial charge is 0.469 e. The number of hydrogen-bond donors (Lipinski definition) is 0. The molecule has 2 rings (SSSR count). The molecule has 0 aliphatic carbocycles. The average Bonchev–Trinajstić information content (AvgIpc) is 2.59. The van der Waals surface area contributed by atoms with E-state index in [1.54, 1.807) is 31.6 Å². The number of ether oxygens (including phenoxy) is 2. The molecule has 0 amide bonds. The molecule has 0 spiro atoms. The SMILES string of the molecule is CCC(C(=O)OC)c1ccc(-c2cncc(COC)n2)c(Cl)c1Cl. The number of benzene rings is 1. The second-order valence-electron chi connectivity index (χ2n) is 5.14. The second-order valence-corrected chi connectivity index (χ2v) is 5.90. The maximum Gasteiger partial charge on any atom is 0.313 e. The zero-order valence-electron chi connectivity index (χ0n) is 13.7. The second kappa shape index (κ2) is 8.42. The van der Waals surface area contributed by atoms with Crippen molar-refractivity contribution < 1.29 is 14.3 Å². The van der Waals surface area contributed by atoms with Crippen LogP contribution in [0.5, 0.6) is 0 Å². The number of aromatic nitrogens is 2. The average molecular weight is 369 g/mol. The molecule has 7 heteroatoms. The maximum absolute atomic E-state index is 11.9. The Balaban J connectivity index is 2.47. The van der Waals surface area contributed by atoms with Crippen molar-refractivity contribution in [2.45, 2.75) is 25.9 Å². The molecule has 0 radical (unpaired) electrons. The van der Waals surface area contributed by atoms with E-state index in [4.69, 9.17) is 32.7 Å². The lowest BCUT2D eigenvalue weighted by Gasteiger charge is -2.17. The van der Waals surface area contributed by atoms with Crippen molar-refractivity contribution in [2.75, 3.05) is 14.2 Å². The normalized spacial score (nSPS) is 12.0. The van der Waals surface area contributed by atoms with E-state index in [-0.39, 0.29) is 5.97 Å². The highest BCUT2D eigenvalue weighted by atomic mass is 35.5. The van der Waals surface area contributed by atoms with Crippen LogP contribution in [0.15, 0.2) is 24.5 Å².